The first-order chi connectivity index (χ1) is 5.90. The molecule has 2 rings (SSSR count). The zero-order valence-electron chi connectivity index (χ0n) is 6.41. The van der Waals surface area contributed by atoms with Crippen LogP contribution in [0.1, 0.15) is 0 Å². The number of anilines is 1. The molecule has 0 atom stereocenters. The third kappa shape index (κ3) is 1.19. The van der Waals surface area contributed by atoms with Gasteiger partial charge in [0, 0.05) is 5.39 Å². The van der Waals surface area contributed by atoms with E-state index in [4.69, 9.17) is 0 Å². The van der Waals surface area contributed by atoms with Gasteiger partial charge in [-0.25, -0.2) is 4.98 Å². The van der Waals surface area contributed by atoms with Crippen molar-refractivity contribution in [3.05, 3.63) is 36.4 Å². The lowest BCUT2D eigenvalue weighted by Gasteiger charge is -2.00. The number of rotatable bonds is 1. The highest BCUT2D eigenvalue weighted by atomic mass is 28.2. The smallest absolute Gasteiger partial charge is 0.187 e. The maximum atomic E-state index is 4.33. The predicted molar refractivity (Wildman–Crippen MR) is 51.1 cm³/mol. The Kier molecular flexibility index (Phi) is 1.79. The van der Waals surface area contributed by atoms with Gasteiger partial charge in [0.1, 0.15) is 5.82 Å². The molecule has 0 spiro atoms. The monoisotopic (exact) mass is 171 g/mol. The number of fused-ring (bicyclic) bond motifs is 1. The van der Waals surface area contributed by atoms with Crippen LogP contribution in [0.15, 0.2) is 36.4 Å². The summed E-state index contributed by atoms with van der Waals surface area (Å²) in [4.78, 5) is 7.15. The fourth-order valence-corrected chi connectivity index (χ4v) is 1.27. The number of para-hydroxylation sites is 1. The zero-order chi connectivity index (χ0) is 8.39. The first kappa shape index (κ1) is 7.30. The summed E-state index contributed by atoms with van der Waals surface area (Å²) < 4.78 is 0. The largest absolute Gasteiger partial charge is 0.397 e. The molecule has 1 N–H and O–H groups in total. The van der Waals surface area contributed by atoms with E-state index in [9.17, 15) is 0 Å². The van der Waals surface area contributed by atoms with Crippen LogP contribution < -0.4 is 4.98 Å². The lowest BCUT2D eigenvalue weighted by Crippen LogP contribution is -1.93. The van der Waals surface area contributed by atoms with Gasteiger partial charge in [0.05, 0.1) is 5.52 Å². The van der Waals surface area contributed by atoms with Gasteiger partial charge in [-0.1, -0.05) is 18.2 Å². The summed E-state index contributed by atoms with van der Waals surface area (Å²) in [5.41, 5.74) is 1.00. The van der Waals surface area contributed by atoms with Gasteiger partial charge in [0.15, 0.2) is 10.4 Å². The molecule has 0 aliphatic carbocycles. The van der Waals surface area contributed by atoms with Crippen molar-refractivity contribution in [3.63, 3.8) is 0 Å². The minimum atomic E-state index is 0.824. The van der Waals surface area contributed by atoms with Gasteiger partial charge < -0.3 is 4.98 Å². The molecule has 2 nitrogen and oxygen atoms in total. The Labute approximate surface area is 74.1 Å². The molecule has 0 unspecified atom stereocenters. The van der Waals surface area contributed by atoms with Crippen LogP contribution in [0, 0.1) is 0 Å². The highest BCUT2D eigenvalue weighted by molar-refractivity contribution is 6.15. The Bertz CT molecular complexity index is 400. The van der Waals surface area contributed by atoms with Crippen LogP contribution >= 0.6 is 0 Å². The Morgan fingerprint density at radius 2 is 1.92 bits per heavy atom. The molecule has 0 fully saturated rings. The van der Waals surface area contributed by atoms with Gasteiger partial charge in [-0.2, -0.15) is 0 Å². The van der Waals surface area contributed by atoms with Crippen molar-refractivity contribution in [1.29, 1.82) is 0 Å². The van der Waals surface area contributed by atoms with E-state index >= 15 is 0 Å². The molecule has 3 radical (unpaired) electrons. The van der Waals surface area contributed by atoms with Crippen LogP contribution in [0.3, 0.4) is 0 Å². The lowest BCUT2D eigenvalue weighted by atomic mass is 10.2. The van der Waals surface area contributed by atoms with Crippen molar-refractivity contribution in [3.8, 4) is 0 Å². The van der Waals surface area contributed by atoms with Crippen LogP contribution in [0.25, 0.3) is 10.9 Å². The van der Waals surface area contributed by atoms with E-state index < -0.39 is 0 Å². The van der Waals surface area contributed by atoms with E-state index in [-0.39, 0.29) is 0 Å². The van der Waals surface area contributed by atoms with Crippen LogP contribution in [-0.2, 0) is 0 Å². The predicted octanol–water partition coefficient (Wildman–Crippen LogP) is 1.73. The molecule has 57 valence electrons. The molecule has 1 heterocycles. The van der Waals surface area contributed by atoms with Crippen molar-refractivity contribution in [2.24, 2.45) is 0 Å². The highest BCUT2D eigenvalue weighted by Gasteiger charge is 1.93. The summed E-state index contributed by atoms with van der Waals surface area (Å²) in [5.74, 6) is 0.824. The zero-order valence-corrected chi connectivity index (χ0v) is 7.41. The summed E-state index contributed by atoms with van der Waals surface area (Å²) in [5, 5.41) is 1.16. The molecular weight excluding hydrogens is 164 g/mol. The highest BCUT2D eigenvalue weighted by Crippen LogP contribution is 2.13. The standard InChI is InChI=1S/C9H7N2Si/c12-11-9-6-5-7-3-1-2-4-8(7)10-9/h1-6H,(H,10,11). The molecule has 1 aromatic carbocycles. The minimum Gasteiger partial charge on any atom is -0.397 e. The maximum Gasteiger partial charge on any atom is 0.187 e. The van der Waals surface area contributed by atoms with Crippen molar-refractivity contribution in [2.45, 2.75) is 0 Å². The Hall–Kier alpha value is -1.35. The number of hydrogen-bond donors (Lipinski definition) is 1. The number of aromatic nitrogens is 1. The second kappa shape index (κ2) is 2.95. The normalized spacial score (nSPS) is 10.1. The summed E-state index contributed by atoms with van der Waals surface area (Å²) in [6.07, 6.45) is 0. The molecule has 0 saturated heterocycles. The average Bonchev–Trinajstić information content (AvgIpc) is 2.17. The van der Waals surface area contributed by atoms with Crippen molar-refractivity contribution < 1.29 is 0 Å². The second-order valence-corrected chi connectivity index (χ2v) is 2.76. The number of pyridine rings is 1. The molecule has 1 aromatic heterocycles. The van der Waals surface area contributed by atoms with Gasteiger partial charge >= 0.3 is 0 Å². The van der Waals surface area contributed by atoms with Crippen LogP contribution in [0.5, 0.6) is 0 Å². The minimum absolute atomic E-state index is 0.824. The topological polar surface area (TPSA) is 24.9 Å². The molecule has 12 heavy (non-hydrogen) atoms. The van der Waals surface area contributed by atoms with Gasteiger partial charge in [0.2, 0.25) is 0 Å². The van der Waals surface area contributed by atoms with Crippen molar-refractivity contribution in [1.82, 2.24) is 4.98 Å². The summed E-state index contributed by atoms with van der Waals surface area (Å²) >= 11 is 0. The molecule has 0 aliphatic rings. The van der Waals surface area contributed by atoms with Gasteiger partial charge in [-0.05, 0) is 18.2 Å². The number of nitrogens with one attached hydrogen (secondary N) is 1. The molecule has 0 saturated carbocycles. The quantitative estimate of drug-likeness (QED) is 0.661. The third-order valence-electron chi connectivity index (χ3n) is 1.73. The van der Waals surface area contributed by atoms with E-state index in [0.717, 1.165) is 16.7 Å². The third-order valence-corrected chi connectivity index (χ3v) is 1.98. The second-order valence-electron chi connectivity index (χ2n) is 2.51. The Morgan fingerprint density at radius 3 is 2.75 bits per heavy atom. The summed E-state index contributed by atoms with van der Waals surface area (Å²) in [6, 6.07) is 12.0. The van der Waals surface area contributed by atoms with Crippen molar-refractivity contribution >= 4 is 27.1 Å². The van der Waals surface area contributed by atoms with Gasteiger partial charge in [-0.15, -0.1) is 0 Å². The average molecular weight is 171 g/mol. The molecular formula is C9H7N2Si. The SMILES string of the molecule is [Si]Nc1ccc2ccccc2n1. The first-order valence-electron chi connectivity index (χ1n) is 3.69. The van der Waals surface area contributed by atoms with E-state index in [1.54, 1.807) is 0 Å². The molecule has 0 bridgehead atoms. The van der Waals surface area contributed by atoms with E-state index in [2.05, 4.69) is 20.4 Å². The van der Waals surface area contributed by atoms with E-state index in [1.165, 1.54) is 0 Å². The van der Waals surface area contributed by atoms with Gasteiger partial charge in [-0.3, -0.25) is 0 Å². The summed E-state index contributed by atoms with van der Waals surface area (Å²) in [7, 11) is 3.18. The first-order valence-corrected chi connectivity index (χ1v) is 4.19. The Morgan fingerprint density at radius 1 is 1.08 bits per heavy atom. The van der Waals surface area contributed by atoms with E-state index in [0.29, 0.717) is 0 Å². The van der Waals surface area contributed by atoms with Crippen LogP contribution in [0.4, 0.5) is 5.82 Å². The van der Waals surface area contributed by atoms with Crippen molar-refractivity contribution in [2.75, 3.05) is 4.98 Å². The van der Waals surface area contributed by atoms with Crippen LogP contribution in [-0.4, -0.2) is 15.4 Å². The fraction of sp³-hybridized carbons (Fsp3) is 0. The van der Waals surface area contributed by atoms with Gasteiger partial charge in [0.25, 0.3) is 0 Å². The number of nitrogens with zero attached hydrogens (tertiary/aromatic N) is 1. The molecule has 2 aromatic rings. The number of hydrogen-bond acceptors (Lipinski definition) is 2. The molecule has 0 amide bonds. The number of benzene rings is 1. The van der Waals surface area contributed by atoms with Crippen LogP contribution in [0.2, 0.25) is 0 Å². The lowest BCUT2D eigenvalue weighted by molar-refractivity contribution is 1.41. The fourth-order valence-electron chi connectivity index (χ4n) is 1.14. The summed E-state index contributed by atoms with van der Waals surface area (Å²) in [6.45, 7) is 0. The molecule has 3 heteroatoms. The maximum absolute atomic E-state index is 4.33. The van der Waals surface area contributed by atoms with E-state index in [1.807, 2.05) is 36.4 Å². The molecule has 0 aliphatic heterocycles. The Balaban J connectivity index is 2.67.